The molecular weight excluding hydrogens is 312 g/mol. The minimum absolute atomic E-state index is 0.0819. The average molecular weight is 336 g/mol. The van der Waals surface area contributed by atoms with Crippen LogP contribution in [0.3, 0.4) is 0 Å². The number of rotatable bonds is 3. The number of nitrogen functional groups attached to an aromatic ring is 1. The van der Waals surface area contributed by atoms with Gasteiger partial charge in [0, 0.05) is 28.2 Å². The predicted molar refractivity (Wildman–Crippen MR) is 100.0 cm³/mol. The number of pyridine rings is 1. The molecule has 0 aliphatic heterocycles. The summed E-state index contributed by atoms with van der Waals surface area (Å²) in [7, 11) is 0. The fourth-order valence-electron chi connectivity index (χ4n) is 2.90. The van der Waals surface area contributed by atoms with Crippen LogP contribution in [-0.2, 0) is 6.42 Å². The predicted octanol–water partition coefficient (Wildman–Crippen LogP) is 4.41. The highest BCUT2D eigenvalue weighted by Gasteiger charge is 2.23. The number of anilines is 1. The Morgan fingerprint density at radius 1 is 1.32 bits per heavy atom. The molecule has 5 heteroatoms. The summed E-state index contributed by atoms with van der Waals surface area (Å²) in [5.41, 5.74) is 10.0. The number of nitrogens with two attached hydrogens (primary N) is 1. The molecule has 0 spiro atoms. The van der Waals surface area contributed by atoms with Crippen molar-refractivity contribution in [2.75, 3.05) is 5.73 Å². The second-order valence-corrected chi connectivity index (χ2v) is 5.72. The summed E-state index contributed by atoms with van der Waals surface area (Å²) < 4.78 is 6.13. The fourth-order valence-corrected chi connectivity index (χ4v) is 2.90. The third-order valence-corrected chi connectivity index (χ3v) is 4.06. The molecule has 1 aliphatic rings. The molecule has 2 aromatic rings. The minimum atomic E-state index is -0.0819. The maximum absolute atomic E-state index is 8.97. The Hall–Kier alpha value is -2.87. The molecule has 3 rings (SSSR count). The fraction of sp³-hybridized carbons (Fsp3) is 0.350. The van der Waals surface area contributed by atoms with Gasteiger partial charge in [0.25, 0.3) is 0 Å². The summed E-state index contributed by atoms with van der Waals surface area (Å²) in [6.07, 6.45) is 2.67. The molecule has 1 aromatic carbocycles. The van der Waals surface area contributed by atoms with Crippen molar-refractivity contribution in [1.29, 1.82) is 10.7 Å². The molecular formula is C20H24N4O. The maximum atomic E-state index is 8.97. The summed E-state index contributed by atoms with van der Waals surface area (Å²) in [6.45, 7) is 5.71. The van der Waals surface area contributed by atoms with Gasteiger partial charge in [-0.2, -0.15) is 5.26 Å². The summed E-state index contributed by atoms with van der Waals surface area (Å²) in [5, 5.41) is 16.8. The van der Waals surface area contributed by atoms with Crippen molar-refractivity contribution in [3.8, 4) is 11.8 Å². The first kappa shape index (κ1) is 18.5. The number of benzene rings is 1. The largest absolute Gasteiger partial charge is 0.486 e. The van der Waals surface area contributed by atoms with Gasteiger partial charge < -0.3 is 15.9 Å². The first-order valence-electron chi connectivity index (χ1n) is 8.60. The molecule has 0 fully saturated rings. The Labute approximate surface area is 149 Å². The van der Waals surface area contributed by atoms with Crippen molar-refractivity contribution in [2.45, 2.75) is 46.1 Å². The van der Waals surface area contributed by atoms with E-state index in [0.717, 1.165) is 30.5 Å². The second kappa shape index (κ2) is 8.29. The zero-order valence-electron chi connectivity index (χ0n) is 15.0. The molecule has 3 N–H and O–H groups in total. The van der Waals surface area contributed by atoms with Crippen molar-refractivity contribution < 1.29 is 4.74 Å². The van der Waals surface area contributed by atoms with Crippen molar-refractivity contribution in [1.82, 2.24) is 4.98 Å². The van der Waals surface area contributed by atoms with E-state index in [2.05, 4.69) is 11.1 Å². The Morgan fingerprint density at radius 2 is 2.08 bits per heavy atom. The smallest absolute Gasteiger partial charge is 0.140 e. The van der Waals surface area contributed by atoms with Gasteiger partial charge in [-0.25, -0.2) is 4.98 Å². The van der Waals surface area contributed by atoms with Crippen LogP contribution in [0, 0.1) is 16.7 Å². The molecule has 1 unspecified atom stereocenters. The van der Waals surface area contributed by atoms with Crippen LogP contribution < -0.4 is 10.5 Å². The van der Waals surface area contributed by atoms with Gasteiger partial charge in [0.2, 0.25) is 0 Å². The van der Waals surface area contributed by atoms with E-state index in [0.29, 0.717) is 28.4 Å². The molecule has 0 amide bonds. The molecule has 0 saturated heterocycles. The Kier molecular flexibility index (Phi) is 6.13. The molecule has 1 heterocycles. The van der Waals surface area contributed by atoms with Crippen LogP contribution in [0.2, 0.25) is 0 Å². The van der Waals surface area contributed by atoms with Gasteiger partial charge in [-0.15, -0.1) is 0 Å². The molecule has 1 atom stereocenters. The SMILES string of the molecule is CC.CC(=N)c1cc(OC2CCCc3nc(C#N)ccc32)ccc1N. The standard InChI is InChI=1S/C18H18N4O.C2H6/c1-11(20)15-9-13(6-8-16(15)21)23-18-4-2-3-17-14(18)7-5-12(10-19)22-17;1-2/h5-9,18,20H,2-4,21H2,1H3;1-2H3. The number of aromatic nitrogens is 1. The topological polar surface area (TPSA) is 95.8 Å². The number of hydrogen-bond acceptors (Lipinski definition) is 5. The van der Waals surface area contributed by atoms with Gasteiger partial charge in [-0.1, -0.05) is 19.9 Å². The number of nitrogens with zero attached hydrogens (tertiary/aromatic N) is 2. The second-order valence-electron chi connectivity index (χ2n) is 5.72. The van der Waals surface area contributed by atoms with E-state index in [1.54, 1.807) is 19.1 Å². The lowest BCUT2D eigenvalue weighted by Crippen LogP contribution is -2.17. The summed E-state index contributed by atoms with van der Waals surface area (Å²) in [4.78, 5) is 4.39. The molecule has 0 radical (unpaired) electrons. The van der Waals surface area contributed by atoms with Gasteiger partial charge in [-0.05, 0) is 50.5 Å². The lowest BCUT2D eigenvalue weighted by molar-refractivity contribution is 0.182. The van der Waals surface area contributed by atoms with Gasteiger partial charge >= 0.3 is 0 Å². The van der Waals surface area contributed by atoms with Gasteiger partial charge in [0.1, 0.15) is 23.6 Å². The van der Waals surface area contributed by atoms with Crippen molar-refractivity contribution in [2.24, 2.45) is 0 Å². The average Bonchev–Trinajstić information content (AvgIpc) is 2.64. The molecule has 25 heavy (non-hydrogen) atoms. The lowest BCUT2D eigenvalue weighted by Gasteiger charge is -2.26. The van der Waals surface area contributed by atoms with Crippen molar-refractivity contribution >= 4 is 11.4 Å². The monoisotopic (exact) mass is 336 g/mol. The third-order valence-electron chi connectivity index (χ3n) is 4.06. The summed E-state index contributed by atoms with van der Waals surface area (Å²) >= 11 is 0. The van der Waals surface area contributed by atoms with E-state index in [4.69, 9.17) is 21.1 Å². The molecule has 1 aliphatic carbocycles. The third kappa shape index (κ3) is 4.16. The summed E-state index contributed by atoms with van der Waals surface area (Å²) in [5.74, 6) is 0.697. The van der Waals surface area contributed by atoms with E-state index < -0.39 is 0 Å². The van der Waals surface area contributed by atoms with Crippen LogP contribution in [-0.4, -0.2) is 10.7 Å². The van der Waals surface area contributed by atoms with Crippen LogP contribution in [0.1, 0.15) is 62.2 Å². The van der Waals surface area contributed by atoms with E-state index in [1.807, 2.05) is 32.0 Å². The minimum Gasteiger partial charge on any atom is -0.486 e. The number of nitriles is 1. The normalized spacial score (nSPS) is 15.2. The van der Waals surface area contributed by atoms with Crippen LogP contribution in [0.4, 0.5) is 5.69 Å². The number of hydrogen-bond donors (Lipinski definition) is 2. The molecule has 0 bridgehead atoms. The van der Waals surface area contributed by atoms with Crippen LogP contribution in [0.25, 0.3) is 0 Å². The molecule has 5 nitrogen and oxygen atoms in total. The highest BCUT2D eigenvalue weighted by Crippen LogP contribution is 2.33. The van der Waals surface area contributed by atoms with Crippen LogP contribution in [0.15, 0.2) is 30.3 Å². The van der Waals surface area contributed by atoms with E-state index in [-0.39, 0.29) is 6.10 Å². The zero-order valence-corrected chi connectivity index (χ0v) is 15.0. The highest BCUT2D eigenvalue weighted by atomic mass is 16.5. The summed E-state index contributed by atoms with van der Waals surface area (Å²) in [6, 6.07) is 11.1. The van der Waals surface area contributed by atoms with Gasteiger partial charge in [0.15, 0.2) is 0 Å². The van der Waals surface area contributed by atoms with Gasteiger partial charge in [0.05, 0.1) is 0 Å². The number of nitrogens with one attached hydrogen (secondary N) is 1. The first-order chi connectivity index (χ1) is 12.1. The van der Waals surface area contributed by atoms with Crippen LogP contribution >= 0.6 is 0 Å². The molecule has 1 aromatic heterocycles. The molecule has 130 valence electrons. The van der Waals surface area contributed by atoms with E-state index in [1.165, 1.54) is 0 Å². The Balaban J connectivity index is 0.00000109. The van der Waals surface area contributed by atoms with Crippen molar-refractivity contribution in [3.05, 3.63) is 52.8 Å². The van der Waals surface area contributed by atoms with E-state index in [9.17, 15) is 0 Å². The van der Waals surface area contributed by atoms with E-state index >= 15 is 0 Å². The Morgan fingerprint density at radius 3 is 2.76 bits per heavy atom. The highest BCUT2D eigenvalue weighted by molar-refractivity contribution is 6.01. The Bertz CT molecular complexity index is 808. The van der Waals surface area contributed by atoms with Crippen LogP contribution in [0.5, 0.6) is 5.75 Å². The number of fused-ring (bicyclic) bond motifs is 1. The van der Waals surface area contributed by atoms with Gasteiger partial charge in [-0.3, -0.25) is 0 Å². The maximum Gasteiger partial charge on any atom is 0.140 e. The lowest BCUT2D eigenvalue weighted by atomic mass is 9.93. The number of ether oxygens (including phenoxy) is 1. The quantitative estimate of drug-likeness (QED) is 0.641. The number of aryl methyl sites for hydroxylation is 1. The van der Waals surface area contributed by atoms with Crippen molar-refractivity contribution in [3.63, 3.8) is 0 Å². The molecule has 0 saturated carbocycles. The zero-order chi connectivity index (χ0) is 18.4. The first-order valence-corrected chi connectivity index (χ1v) is 8.60.